The van der Waals surface area contributed by atoms with Gasteiger partial charge in [0.25, 0.3) is 10.1 Å². The Morgan fingerprint density at radius 2 is 1.85 bits per heavy atom. The lowest BCUT2D eigenvalue weighted by molar-refractivity contribution is 0.0667. The van der Waals surface area contributed by atoms with Crippen LogP contribution in [0.2, 0.25) is 18.1 Å². The van der Waals surface area contributed by atoms with Gasteiger partial charge in [-0.25, -0.2) is 4.79 Å². The van der Waals surface area contributed by atoms with Gasteiger partial charge in [-0.1, -0.05) is 33.4 Å². The van der Waals surface area contributed by atoms with Gasteiger partial charge < -0.3 is 14.1 Å². The fourth-order valence-corrected chi connectivity index (χ4v) is 3.85. The van der Waals surface area contributed by atoms with Gasteiger partial charge in [-0.05, 0) is 25.1 Å². The average molecular weight is 410 g/mol. The average Bonchev–Trinajstić information content (AvgIpc) is 2.45. The van der Waals surface area contributed by atoms with Crippen LogP contribution in [0.15, 0.2) is 12.7 Å². The smallest absolute Gasteiger partial charge is 0.409 e. The first-order chi connectivity index (χ1) is 11.6. The first-order valence-corrected chi connectivity index (χ1v) is 13.3. The van der Waals surface area contributed by atoms with Crippen LogP contribution >= 0.6 is 0 Å². The number of carbonyl (C=O) groups is 1. The summed E-state index contributed by atoms with van der Waals surface area (Å²) in [4.78, 5) is 13.4. The highest BCUT2D eigenvalue weighted by molar-refractivity contribution is 7.85. The summed E-state index contributed by atoms with van der Waals surface area (Å²) < 4.78 is 39.1. The van der Waals surface area contributed by atoms with E-state index in [4.69, 9.17) is 13.3 Å². The number of amides is 1. The molecule has 7 nitrogen and oxygen atoms in total. The normalized spacial score (nSPS) is 15.2. The molecule has 0 saturated heterocycles. The molecule has 0 aromatic rings. The summed E-state index contributed by atoms with van der Waals surface area (Å²) in [5.41, 5.74) is 0. The fourth-order valence-electron chi connectivity index (χ4n) is 1.95. The highest BCUT2D eigenvalue weighted by atomic mass is 32.2. The van der Waals surface area contributed by atoms with Crippen LogP contribution in [-0.2, 0) is 23.5 Å². The SMILES string of the molecule is C=CCOC(=O)N(C)CC(COS(C)(=O)=O)C(C)O[Si](C)(C)C(C)(C)C. The summed E-state index contributed by atoms with van der Waals surface area (Å²) in [6.45, 7) is 16.3. The van der Waals surface area contributed by atoms with Gasteiger partial charge in [0.15, 0.2) is 8.32 Å². The predicted octanol–water partition coefficient (Wildman–Crippen LogP) is 3.24. The lowest BCUT2D eigenvalue weighted by Gasteiger charge is -2.40. The third kappa shape index (κ3) is 9.16. The van der Waals surface area contributed by atoms with Gasteiger partial charge >= 0.3 is 6.09 Å². The Morgan fingerprint density at radius 1 is 1.31 bits per heavy atom. The molecule has 0 saturated carbocycles. The molecule has 154 valence electrons. The van der Waals surface area contributed by atoms with Crippen molar-refractivity contribution in [3.8, 4) is 0 Å². The molecule has 0 fully saturated rings. The minimum Gasteiger partial charge on any atom is -0.445 e. The van der Waals surface area contributed by atoms with Crippen molar-refractivity contribution in [1.29, 1.82) is 0 Å². The van der Waals surface area contributed by atoms with Crippen LogP contribution in [0.3, 0.4) is 0 Å². The Bertz CT molecular complexity index is 570. The Hall–Kier alpha value is -0.903. The molecule has 0 aromatic heterocycles. The minimum absolute atomic E-state index is 0.0122. The van der Waals surface area contributed by atoms with Crippen LogP contribution in [0.5, 0.6) is 0 Å². The lowest BCUT2D eigenvalue weighted by atomic mass is 10.1. The van der Waals surface area contributed by atoms with E-state index in [0.717, 1.165) is 6.26 Å². The van der Waals surface area contributed by atoms with Crippen LogP contribution in [0.25, 0.3) is 0 Å². The second kappa shape index (κ2) is 9.87. The van der Waals surface area contributed by atoms with E-state index in [1.54, 1.807) is 7.05 Å². The maximum absolute atomic E-state index is 12.0. The summed E-state index contributed by atoms with van der Waals surface area (Å²) >= 11 is 0. The van der Waals surface area contributed by atoms with Gasteiger partial charge in [0, 0.05) is 25.6 Å². The predicted molar refractivity (Wildman–Crippen MR) is 106 cm³/mol. The summed E-state index contributed by atoms with van der Waals surface area (Å²) in [6, 6.07) is 0. The summed E-state index contributed by atoms with van der Waals surface area (Å²) in [5, 5.41) is 0.0122. The highest BCUT2D eigenvalue weighted by Gasteiger charge is 2.40. The van der Waals surface area contributed by atoms with E-state index in [2.05, 4.69) is 40.4 Å². The second-order valence-electron chi connectivity index (χ2n) is 8.08. The molecule has 0 aliphatic rings. The van der Waals surface area contributed by atoms with Crippen molar-refractivity contribution in [2.75, 3.05) is 33.1 Å². The van der Waals surface area contributed by atoms with Crippen LogP contribution < -0.4 is 0 Å². The van der Waals surface area contributed by atoms with Crippen molar-refractivity contribution in [2.24, 2.45) is 5.92 Å². The third-order valence-electron chi connectivity index (χ3n) is 4.59. The van der Waals surface area contributed by atoms with E-state index < -0.39 is 24.5 Å². The summed E-state index contributed by atoms with van der Waals surface area (Å²) in [5.74, 6) is -0.319. The molecule has 0 spiro atoms. The molecule has 9 heteroatoms. The van der Waals surface area contributed by atoms with Crippen LogP contribution in [0.1, 0.15) is 27.7 Å². The number of nitrogens with zero attached hydrogens (tertiary/aromatic N) is 1. The van der Waals surface area contributed by atoms with E-state index in [9.17, 15) is 13.2 Å². The quantitative estimate of drug-likeness (QED) is 0.313. The van der Waals surface area contributed by atoms with Crippen molar-refractivity contribution >= 4 is 24.5 Å². The molecule has 0 bridgehead atoms. The molecule has 0 radical (unpaired) electrons. The molecule has 0 aliphatic heterocycles. The molecule has 0 aliphatic carbocycles. The lowest BCUT2D eigenvalue weighted by Crippen LogP contribution is -2.48. The number of hydrogen-bond acceptors (Lipinski definition) is 6. The molecule has 0 aromatic carbocycles. The Kier molecular flexibility index (Phi) is 9.52. The fraction of sp³-hybridized carbons (Fsp3) is 0.824. The Balaban J connectivity index is 5.20. The maximum Gasteiger partial charge on any atom is 0.409 e. The number of rotatable bonds is 10. The topological polar surface area (TPSA) is 82.1 Å². The standard InChI is InChI=1S/C17H35NO6SSi/c1-10-11-22-16(19)18(6)12-15(13-23-25(7,20)21)14(2)24-26(8,9)17(3,4)5/h10,14-15H,1,11-13H2,2-9H3. The number of ether oxygens (including phenoxy) is 1. The summed E-state index contributed by atoms with van der Waals surface area (Å²) in [7, 11) is -4.05. The molecule has 2 atom stereocenters. The zero-order chi connectivity index (χ0) is 20.8. The van der Waals surface area contributed by atoms with Crippen molar-refractivity contribution in [2.45, 2.75) is 51.9 Å². The van der Waals surface area contributed by atoms with E-state index >= 15 is 0 Å². The van der Waals surface area contributed by atoms with Crippen LogP contribution in [0.4, 0.5) is 4.79 Å². The van der Waals surface area contributed by atoms with E-state index in [1.165, 1.54) is 11.0 Å². The third-order valence-corrected chi connectivity index (χ3v) is 9.73. The molecular formula is C17H35NO6SSi. The van der Waals surface area contributed by atoms with Gasteiger partial charge in [0.1, 0.15) is 6.61 Å². The molecule has 2 unspecified atom stereocenters. The molecule has 0 heterocycles. The van der Waals surface area contributed by atoms with Gasteiger partial charge in [-0.3, -0.25) is 4.18 Å². The highest BCUT2D eigenvalue weighted by Crippen LogP contribution is 2.38. The Morgan fingerprint density at radius 3 is 2.27 bits per heavy atom. The molecule has 0 rings (SSSR count). The first-order valence-electron chi connectivity index (χ1n) is 8.61. The van der Waals surface area contributed by atoms with E-state index in [1.807, 2.05) is 6.92 Å². The maximum atomic E-state index is 12.0. The zero-order valence-electron chi connectivity index (χ0n) is 17.4. The van der Waals surface area contributed by atoms with Gasteiger partial charge in [-0.15, -0.1) is 0 Å². The second-order valence-corrected chi connectivity index (χ2v) is 14.5. The monoisotopic (exact) mass is 409 g/mol. The molecular weight excluding hydrogens is 374 g/mol. The zero-order valence-corrected chi connectivity index (χ0v) is 19.2. The van der Waals surface area contributed by atoms with Crippen molar-refractivity contribution in [3.05, 3.63) is 12.7 Å². The first kappa shape index (κ1) is 25.1. The van der Waals surface area contributed by atoms with Gasteiger partial charge in [0.2, 0.25) is 0 Å². The van der Waals surface area contributed by atoms with Crippen LogP contribution in [0, 0.1) is 5.92 Å². The molecule has 0 N–H and O–H groups in total. The molecule has 26 heavy (non-hydrogen) atoms. The largest absolute Gasteiger partial charge is 0.445 e. The molecule has 1 amide bonds. The minimum atomic E-state index is -3.59. The summed E-state index contributed by atoms with van der Waals surface area (Å²) in [6.07, 6.45) is 1.70. The van der Waals surface area contributed by atoms with Gasteiger partial charge in [-0.2, -0.15) is 8.42 Å². The van der Waals surface area contributed by atoms with Crippen LogP contribution in [-0.4, -0.2) is 66.9 Å². The van der Waals surface area contributed by atoms with E-state index in [-0.39, 0.29) is 36.8 Å². The van der Waals surface area contributed by atoms with Gasteiger partial charge in [0.05, 0.1) is 12.9 Å². The van der Waals surface area contributed by atoms with E-state index in [0.29, 0.717) is 0 Å². The van der Waals surface area contributed by atoms with Crippen molar-refractivity contribution in [3.63, 3.8) is 0 Å². The Labute approximate surface area is 159 Å². The van der Waals surface area contributed by atoms with Crippen molar-refractivity contribution in [1.82, 2.24) is 4.90 Å². The van der Waals surface area contributed by atoms with Crippen molar-refractivity contribution < 1.29 is 26.6 Å². The number of carbonyl (C=O) groups excluding carboxylic acids is 1. The number of hydrogen-bond donors (Lipinski definition) is 0.